The average Bonchev–Trinajstić information content (AvgIpc) is 2.50. The van der Waals surface area contributed by atoms with Crippen LogP contribution in [-0.4, -0.2) is 10.8 Å². The van der Waals surface area contributed by atoms with Gasteiger partial charge < -0.3 is 0 Å². The largest absolute Gasteiger partial charge is 0.292 e. The summed E-state index contributed by atoms with van der Waals surface area (Å²) in [5.41, 5.74) is 3.99. The number of Topliss-reactive ketones (excluding diaryl/α,β-unsaturated/α-hetero) is 1. The minimum Gasteiger partial charge on any atom is -0.292 e. The smallest absolute Gasteiger partial charge is 0.186 e. The summed E-state index contributed by atoms with van der Waals surface area (Å²) in [6.07, 6.45) is 2.11. The van der Waals surface area contributed by atoms with Gasteiger partial charge in [0.05, 0.1) is 0 Å². The van der Waals surface area contributed by atoms with E-state index in [0.29, 0.717) is 12.1 Å². The van der Waals surface area contributed by atoms with Crippen molar-refractivity contribution < 1.29 is 4.79 Å². The second-order valence-electron chi connectivity index (χ2n) is 5.35. The lowest BCUT2D eigenvalue weighted by molar-refractivity contribution is 0.0989. The van der Waals surface area contributed by atoms with E-state index in [9.17, 15) is 4.79 Å². The SMILES string of the molecule is Cc1cccc(C)c1CC(=O)c1nccc2ccccc12. The van der Waals surface area contributed by atoms with Crippen LogP contribution in [0.5, 0.6) is 0 Å². The number of aryl methyl sites for hydroxylation is 2. The van der Waals surface area contributed by atoms with Crippen LogP contribution < -0.4 is 0 Å². The van der Waals surface area contributed by atoms with Crippen LogP contribution in [0.1, 0.15) is 27.2 Å². The Kier molecular flexibility index (Phi) is 3.53. The lowest BCUT2D eigenvalue weighted by atomic mass is 9.96. The molecule has 2 heteroatoms. The van der Waals surface area contributed by atoms with E-state index in [4.69, 9.17) is 0 Å². The number of pyridine rings is 1. The first-order valence-electron chi connectivity index (χ1n) is 7.09. The Morgan fingerprint density at radius 1 is 0.952 bits per heavy atom. The molecule has 0 fully saturated rings. The van der Waals surface area contributed by atoms with Gasteiger partial charge in [-0.15, -0.1) is 0 Å². The summed E-state index contributed by atoms with van der Waals surface area (Å²) in [6.45, 7) is 4.10. The number of carbonyl (C=O) groups is 1. The zero-order valence-corrected chi connectivity index (χ0v) is 12.3. The lowest BCUT2D eigenvalue weighted by Gasteiger charge is -2.09. The number of benzene rings is 2. The Hall–Kier alpha value is -2.48. The van der Waals surface area contributed by atoms with E-state index in [2.05, 4.69) is 4.98 Å². The van der Waals surface area contributed by atoms with Crippen LogP contribution in [0.15, 0.2) is 54.7 Å². The monoisotopic (exact) mass is 275 g/mol. The molecule has 0 amide bonds. The van der Waals surface area contributed by atoms with Gasteiger partial charge in [-0.05, 0) is 42.0 Å². The van der Waals surface area contributed by atoms with E-state index in [1.54, 1.807) is 6.20 Å². The van der Waals surface area contributed by atoms with Gasteiger partial charge in [0.15, 0.2) is 5.78 Å². The van der Waals surface area contributed by atoms with E-state index >= 15 is 0 Å². The fraction of sp³-hybridized carbons (Fsp3) is 0.158. The predicted molar refractivity (Wildman–Crippen MR) is 85.7 cm³/mol. The van der Waals surface area contributed by atoms with E-state index in [-0.39, 0.29) is 5.78 Å². The summed E-state index contributed by atoms with van der Waals surface area (Å²) < 4.78 is 0. The van der Waals surface area contributed by atoms with Crippen molar-refractivity contribution in [1.82, 2.24) is 4.98 Å². The van der Waals surface area contributed by atoms with Crippen LogP contribution in [0.2, 0.25) is 0 Å². The molecule has 0 aliphatic rings. The molecule has 0 spiro atoms. The van der Waals surface area contributed by atoms with Gasteiger partial charge in [-0.3, -0.25) is 9.78 Å². The molecule has 0 aliphatic heterocycles. The third-order valence-electron chi connectivity index (χ3n) is 3.92. The van der Waals surface area contributed by atoms with Crippen molar-refractivity contribution in [3.8, 4) is 0 Å². The van der Waals surface area contributed by atoms with Crippen molar-refractivity contribution in [2.75, 3.05) is 0 Å². The maximum absolute atomic E-state index is 12.7. The number of ketones is 1. The Morgan fingerprint density at radius 3 is 2.43 bits per heavy atom. The van der Waals surface area contributed by atoms with Gasteiger partial charge in [0.25, 0.3) is 0 Å². The molecule has 1 aromatic heterocycles. The molecule has 0 saturated heterocycles. The topological polar surface area (TPSA) is 30.0 Å². The number of carbonyl (C=O) groups excluding carboxylic acids is 1. The second-order valence-corrected chi connectivity index (χ2v) is 5.35. The number of hydrogen-bond acceptors (Lipinski definition) is 2. The van der Waals surface area contributed by atoms with Crippen molar-refractivity contribution >= 4 is 16.6 Å². The van der Waals surface area contributed by atoms with Crippen molar-refractivity contribution in [2.45, 2.75) is 20.3 Å². The van der Waals surface area contributed by atoms with Crippen molar-refractivity contribution in [3.05, 3.63) is 77.1 Å². The number of hydrogen-bond donors (Lipinski definition) is 0. The summed E-state index contributed by atoms with van der Waals surface area (Å²) in [4.78, 5) is 17.0. The molecular formula is C19H17NO. The molecule has 0 bridgehead atoms. The van der Waals surface area contributed by atoms with Crippen LogP contribution in [0.4, 0.5) is 0 Å². The van der Waals surface area contributed by atoms with E-state index in [1.165, 1.54) is 0 Å². The zero-order valence-electron chi connectivity index (χ0n) is 12.3. The van der Waals surface area contributed by atoms with Crippen molar-refractivity contribution in [2.24, 2.45) is 0 Å². The van der Waals surface area contributed by atoms with E-state index < -0.39 is 0 Å². The van der Waals surface area contributed by atoms with Gasteiger partial charge in [-0.1, -0.05) is 42.5 Å². The normalized spacial score (nSPS) is 10.8. The molecular weight excluding hydrogens is 258 g/mol. The Labute approximate surface area is 124 Å². The van der Waals surface area contributed by atoms with Crippen molar-refractivity contribution in [1.29, 1.82) is 0 Å². The Balaban J connectivity index is 2.02. The highest BCUT2D eigenvalue weighted by atomic mass is 16.1. The van der Waals surface area contributed by atoms with Gasteiger partial charge >= 0.3 is 0 Å². The first kappa shape index (κ1) is 13.5. The highest BCUT2D eigenvalue weighted by molar-refractivity contribution is 6.07. The first-order valence-corrected chi connectivity index (χ1v) is 7.09. The maximum atomic E-state index is 12.7. The summed E-state index contributed by atoms with van der Waals surface area (Å²) in [7, 11) is 0. The zero-order chi connectivity index (χ0) is 14.8. The first-order chi connectivity index (χ1) is 10.2. The van der Waals surface area contributed by atoms with Gasteiger partial charge in [-0.2, -0.15) is 0 Å². The Morgan fingerprint density at radius 2 is 1.67 bits per heavy atom. The van der Waals surface area contributed by atoms with Crippen LogP contribution in [0.25, 0.3) is 10.8 Å². The quantitative estimate of drug-likeness (QED) is 0.668. The summed E-state index contributed by atoms with van der Waals surface area (Å²) in [5, 5.41) is 1.98. The highest BCUT2D eigenvalue weighted by Gasteiger charge is 2.14. The maximum Gasteiger partial charge on any atom is 0.186 e. The van der Waals surface area contributed by atoms with Crippen LogP contribution in [0.3, 0.4) is 0 Å². The van der Waals surface area contributed by atoms with Crippen LogP contribution in [0, 0.1) is 13.8 Å². The molecule has 2 aromatic carbocycles. The number of aromatic nitrogens is 1. The fourth-order valence-corrected chi connectivity index (χ4v) is 2.71. The molecule has 3 aromatic rings. The third-order valence-corrected chi connectivity index (χ3v) is 3.92. The molecule has 104 valence electrons. The van der Waals surface area contributed by atoms with Gasteiger partial charge in [0.1, 0.15) is 5.69 Å². The predicted octanol–water partition coefficient (Wildman–Crippen LogP) is 4.28. The van der Waals surface area contributed by atoms with Crippen LogP contribution >= 0.6 is 0 Å². The average molecular weight is 275 g/mol. The third kappa shape index (κ3) is 2.57. The minimum atomic E-state index is 0.0733. The molecule has 1 heterocycles. The highest BCUT2D eigenvalue weighted by Crippen LogP contribution is 2.20. The van der Waals surface area contributed by atoms with Gasteiger partial charge in [-0.25, -0.2) is 0 Å². The molecule has 21 heavy (non-hydrogen) atoms. The van der Waals surface area contributed by atoms with Gasteiger partial charge in [0.2, 0.25) is 0 Å². The van der Waals surface area contributed by atoms with Crippen LogP contribution in [-0.2, 0) is 6.42 Å². The molecule has 2 nitrogen and oxygen atoms in total. The summed E-state index contributed by atoms with van der Waals surface area (Å²) >= 11 is 0. The molecule has 0 atom stereocenters. The van der Waals surface area contributed by atoms with Crippen molar-refractivity contribution in [3.63, 3.8) is 0 Å². The fourth-order valence-electron chi connectivity index (χ4n) is 2.71. The molecule has 0 N–H and O–H groups in total. The summed E-state index contributed by atoms with van der Waals surface area (Å²) in [6, 6.07) is 15.9. The second kappa shape index (κ2) is 5.49. The summed E-state index contributed by atoms with van der Waals surface area (Å²) in [5.74, 6) is 0.0733. The molecule has 0 unspecified atom stereocenters. The number of rotatable bonds is 3. The molecule has 3 rings (SSSR count). The standard InChI is InChI=1S/C19H17NO/c1-13-6-5-7-14(2)17(13)12-18(21)19-16-9-4-3-8-15(16)10-11-20-19/h3-11H,12H2,1-2H3. The lowest BCUT2D eigenvalue weighted by Crippen LogP contribution is -2.09. The molecule has 0 radical (unpaired) electrons. The van der Waals surface area contributed by atoms with Gasteiger partial charge in [0, 0.05) is 18.0 Å². The number of nitrogens with zero attached hydrogens (tertiary/aromatic N) is 1. The van der Waals surface area contributed by atoms with E-state index in [1.807, 2.05) is 62.4 Å². The Bertz CT molecular complexity index is 795. The minimum absolute atomic E-state index is 0.0733. The molecule has 0 aliphatic carbocycles. The molecule has 0 saturated carbocycles. The number of fused-ring (bicyclic) bond motifs is 1. The van der Waals surface area contributed by atoms with E-state index in [0.717, 1.165) is 27.5 Å².